The maximum Gasteiger partial charge on any atom is 0.178 e. The molecule has 0 saturated heterocycles. The lowest BCUT2D eigenvalue weighted by molar-refractivity contribution is -0.123. The molecule has 0 bridgehead atoms. The highest BCUT2D eigenvalue weighted by Gasteiger charge is 2.57. The van der Waals surface area contributed by atoms with Crippen molar-refractivity contribution in [1.29, 1.82) is 0 Å². The Morgan fingerprint density at radius 2 is 1.96 bits per heavy atom. The molecule has 0 aromatic carbocycles. The van der Waals surface area contributed by atoms with E-state index in [2.05, 4.69) is 20.8 Å². The highest BCUT2D eigenvalue weighted by atomic mass is 16.1. The summed E-state index contributed by atoms with van der Waals surface area (Å²) in [6.07, 6.45) is 11.5. The molecule has 3 saturated carbocycles. The molecule has 4 rings (SSSR count). The molecular weight excluding hydrogens is 296 g/mol. The molecule has 0 spiro atoms. The minimum atomic E-state index is 0.0597. The summed E-state index contributed by atoms with van der Waals surface area (Å²) in [4.78, 5) is 24.6. The first-order chi connectivity index (χ1) is 11.5. The predicted octanol–water partition coefficient (Wildman–Crippen LogP) is 4.89. The van der Waals surface area contributed by atoms with E-state index in [1.165, 1.54) is 30.4 Å². The zero-order valence-corrected chi connectivity index (χ0v) is 15.3. The van der Waals surface area contributed by atoms with Crippen molar-refractivity contribution in [3.05, 3.63) is 23.3 Å². The fourth-order valence-electron chi connectivity index (χ4n) is 6.87. The number of carbonyl (C=O) groups is 2. The predicted molar refractivity (Wildman–Crippen MR) is 95.4 cm³/mol. The summed E-state index contributed by atoms with van der Waals surface area (Å²) in [6.45, 7) is 6.78. The van der Waals surface area contributed by atoms with Crippen LogP contribution in [0, 0.1) is 35.0 Å². The van der Waals surface area contributed by atoms with E-state index in [1.54, 1.807) is 0 Å². The van der Waals surface area contributed by atoms with Gasteiger partial charge in [-0.1, -0.05) is 31.4 Å². The van der Waals surface area contributed by atoms with Crippen LogP contribution in [0.4, 0.5) is 0 Å². The second-order valence-corrected chi connectivity index (χ2v) is 8.89. The van der Waals surface area contributed by atoms with Crippen LogP contribution in [0.15, 0.2) is 23.3 Å². The molecule has 0 amide bonds. The molecule has 24 heavy (non-hydrogen) atoms. The standard InChI is InChI=1S/C22H30O2/c1-4-5-14-11-20(24)18-8-9-19-17(21(14)18)7-6-15-12-16(23)10-13(2)22(15,19)3/h10,12,14,17-19,21H,4-9,11H2,1-3H3/t14-,17?,18?,19?,21?,22?/m0/s1. The van der Waals surface area contributed by atoms with Crippen LogP contribution in [0.1, 0.15) is 65.7 Å². The first-order valence-corrected chi connectivity index (χ1v) is 9.93. The van der Waals surface area contributed by atoms with Gasteiger partial charge in [-0.2, -0.15) is 0 Å². The number of hydrogen-bond acceptors (Lipinski definition) is 2. The summed E-state index contributed by atoms with van der Waals surface area (Å²) in [7, 11) is 0. The second kappa shape index (κ2) is 5.68. The Morgan fingerprint density at radius 3 is 2.71 bits per heavy atom. The van der Waals surface area contributed by atoms with Crippen LogP contribution < -0.4 is 0 Å². The zero-order chi connectivity index (χ0) is 17.1. The van der Waals surface area contributed by atoms with Crippen molar-refractivity contribution in [3.63, 3.8) is 0 Å². The summed E-state index contributed by atoms with van der Waals surface area (Å²) in [5, 5.41) is 0. The zero-order valence-electron chi connectivity index (χ0n) is 15.3. The van der Waals surface area contributed by atoms with Gasteiger partial charge in [0.15, 0.2) is 5.78 Å². The minimum Gasteiger partial charge on any atom is -0.299 e. The van der Waals surface area contributed by atoms with Gasteiger partial charge >= 0.3 is 0 Å². The lowest BCUT2D eigenvalue weighted by Gasteiger charge is -2.55. The molecule has 5 unspecified atom stereocenters. The van der Waals surface area contributed by atoms with Crippen LogP contribution in [0.25, 0.3) is 0 Å². The first kappa shape index (κ1) is 16.3. The lowest BCUT2D eigenvalue weighted by atomic mass is 9.48. The molecule has 2 nitrogen and oxygen atoms in total. The Hall–Kier alpha value is -1.18. The molecular formula is C22H30O2. The maximum atomic E-state index is 12.6. The molecule has 3 fully saturated rings. The van der Waals surface area contributed by atoms with E-state index < -0.39 is 0 Å². The molecule has 0 radical (unpaired) electrons. The van der Waals surface area contributed by atoms with E-state index in [0.29, 0.717) is 35.4 Å². The van der Waals surface area contributed by atoms with Gasteiger partial charge in [-0.25, -0.2) is 0 Å². The highest BCUT2D eigenvalue weighted by molar-refractivity contribution is 6.02. The fourth-order valence-corrected chi connectivity index (χ4v) is 6.87. The molecule has 0 heterocycles. The average Bonchev–Trinajstić information content (AvgIpc) is 2.86. The van der Waals surface area contributed by atoms with Crippen molar-refractivity contribution in [2.75, 3.05) is 0 Å². The molecule has 0 aromatic rings. The van der Waals surface area contributed by atoms with Crippen LogP contribution in [0.5, 0.6) is 0 Å². The number of allylic oxidation sites excluding steroid dienone is 4. The van der Waals surface area contributed by atoms with Gasteiger partial charge in [0, 0.05) is 17.8 Å². The van der Waals surface area contributed by atoms with Gasteiger partial charge in [-0.15, -0.1) is 0 Å². The van der Waals surface area contributed by atoms with Crippen molar-refractivity contribution in [3.8, 4) is 0 Å². The quantitative estimate of drug-likeness (QED) is 0.724. The minimum absolute atomic E-state index is 0.0597. The summed E-state index contributed by atoms with van der Waals surface area (Å²) in [6, 6.07) is 0. The summed E-state index contributed by atoms with van der Waals surface area (Å²) in [5.41, 5.74) is 2.68. The summed E-state index contributed by atoms with van der Waals surface area (Å²) < 4.78 is 0. The molecule has 130 valence electrons. The molecule has 6 atom stereocenters. The number of rotatable bonds is 2. The Kier molecular flexibility index (Phi) is 3.85. The third-order valence-electron chi connectivity index (χ3n) is 8.00. The van der Waals surface area contributed by atoms with Gasteiger partial charge in [0.2, 0.25) is 0 Å². The topological polar surface area (TPSA) is 34.1 Å². The summed E-state index contributed by atoms with van der Waals surface area (Å²) >= 11 is 0. The third kappa shape index (κ3) is 2.14. The normalized spacial score (nSPS) is 44.4. The molecule has 4 aliphatic rings. The highest BCUT2D eigenvalue weighted by Crippen LogP contribution is 2.63. The fraction of sp³-hybridized carbons (Fsp3) is 0.727. The molecule has 4 aliphatic carbocycles. The van der Waals surface area contributed by atoms with E-state index in [-0.39, 0.29) is 11.2 Å². The molecule has 2 heteroatoms. The second-order valence-electron chi connectivity index (χ2n) is 8.89. The van der Waals surface area contributed by atoms with E-state index >= 15 is 0 Å². The Morgan fingerprint density at radius 1 is 1.17 bits per heavy atom. The van der Waals surface area contributed by atoms with Gasteiger partial charge in [0.05, 0.1) is 0 Å². The van der Waals surface area contributed by atoms with Gasteiger partial charge < -0.3 is 0 Å². The van der Waals surface area contributed by atoms with E-state index in [1.807, 2.05) is 12.2 Å². The molecule has 0 aliphatic heterocycles. The number of fused-ring (bicyclic) bond motifs is 5. The SMILES string of the molecule is CCC[C@H]1CC(=O)C2CCC3C(CCC4=CC(=O)C=C(C)C43C)C21. The van der Waals surface area contributed by atoms with Crippen LogP contribution in [0.2, 0.25) is 0 Å². The maximum absolute atomic E-state index is 12.6. The number of Topliss-reactive ketones (excluding diaryl/α,β-unsaturated/α-hetero) is 1. The Bertz CT molecular complexity index is 640. The number of hydrogen-bond donors (Lipinski definition) is 0. The Balaban J connectivity index is 1.71. The van der Waals surface area contributed by atoms with Crippen LogP contribution in [0.3, 0.4) is 0 Å². The molecule has 0 aromatic heterocycles. The van der Waals surface area contributed by atoms with Crippen LogP contribution >= 0.6 is 0 Å². The smallest absolute Gasteiger partial charge is 0.178 e. The van der Waals surface area contributed by atoms with E-state index in [9.17, 15) is 9.59 Å². The van der Waals surface area contributed by atoms with E-state index in [0.717, 1.165) is 25.7 Å². The van der Waals surface area contributed by atoms with Crippen molar-refractivity contribution in [2.45, 2.75) is 65.7 Å². The van der Waals surface area contributed by atoms with Crippen LogP contribution in [-0.4, -0.2) is 11.6 Å². The van der Waals surface area contributed by atoms with Gasteiger partial charge in [0.1, 0.15) is 5.78 Å². The first-order valence-electron chi connectivity index (χ1n) is 9.93. The van der Waals surface area contributed by atoms with Gasteiger partial charge in [0.25, 0.3) is 0 Å². The molecule has 0 N–H and O–H groups in total. The monoisotopic (exact) mass is 326 g/mol. The summed E-state index contributed by atoms with van der Waals surface area (Å²) in [5.74, 6) is 3.58. The third-order valence-corrected chi connectivity index (χ3v) is 8.00. The van der Waals surface area contributed by atoms with Crippen LogP contribution in [-0.2, 0) is 9.59 Å². The lowest BCUT2D eigenvalue weighted by Crippen LogP contribution is -2.48. The van der Waals surface area contributed by atoms with Crippen molar-refractivity contribution in [1.82, 2.24) is 0 Å². The average molecular weight is 326 g/mol. The largest absolute Gasteiger partial charge is 0.299 e. The number of carbonyl (C=O) groups excluding carboxylic acids is 2. The van der Waals surface area contributed by atoms with Crippen molar-refractivity contribution < 1.29 is 9.59 Å². The van der Waals surface area contributed by atoms with Gasteiger partial charge in [-0.3, -0.25) is 9.59 Å². The van der Waals surface area contributed by atoms with E-state index in [4.69, 9.17) is 0 Å². The van der Waals surface area contributed by atoms with Crippen molar-refractivity contribution >= 4 is 11.6 Å². The van der Waals surface area contributed by atoms with Gasteiger partial charge in [-0.05, 0) is 74.9 Å². The number of ketones is 2. The van der Waals surface area contributed by atoms with Crippen molar-refractivity contribution in [2.24, 2.45) is 35.0 Å². The Labute approximate surface area is 145 Å².